The highest BCUT2D eigenvalue weighted by molar-refractivity contribution is 5.94. The number of carbonyl (C=O) groups excluding carboxylic acids is 1. The van der Waals surface area contributed by atoms with Crippen molar-refractivity contribution >= 4 is 11.7 Å². The molecule has 1 aromatic carbocycles. The van der Waals surface area contributed by atoms with Gasteiger partial charge in [0.2, 0.25) is 0 Å². The number of aryl methyl sites for hydroxylation is 2. The molecule has 0 radical (unpaired) electrons. The Balaban J connectivity index is 1.39. The van der Waals surface area contributed by atoms with Crippen molar-refractivity contribution in [3.8, 4) is 0 Å². The van der Waals surface area contributed by atoms with E-state index in [-0.39, 0.29) is 5.91 Å². The van der Waals surface area contributed by atoms with E-state index in [2.05, 4.69) is 34.1 Å². The molecule has 2 aliphatic carbocycles. The Morgan fingerprint density at radius 3 is 2.46 bits per heavy atom. The van der Waals surface area contributed by atoms with Crippen molar-refractivity contribution in [2.75, 3.05) is 26.0 Å². The van der Waals surface area contributed by atoms with E-state index in [1.54, 1.807) is 0 Å². The van der Waals surface area contributed by atoms with Gasteiger partial charge in [0.25, 0.3) is 5.91 Å². The van der Waals surface area contributed by atoms with Crippen LogP contribution in [0.1, 0.15) is 65.1 Å². The van der Waals surface area contributed by atoms with Gasteiger partial charge in [0.15, 0.2) is 0 Å². The van der Waals surface area contributed by atoms with Crippen LogP contribution in [0.2, 0.25) is 0 Å². The Morgan fingerprint density at radius 1 is 0.964 bits per heavy atom. The van der Waals surface area contributed by atoms with Crippen molar-refractivity contribution < 1.29 is 4.79 Å². The molecule has 0 unspecified atom stereocenters. The lowest BCUT2D eigenvalue weighted by Gasteiger charge is -2.35. The predicted molar refractivity (Wildman–Crippen MR) is 114 cm³/mol. The van der Waals surface area contributed by atoms with Crippen molar-refractivity contribution in [2.45, 2.75) is 56.9 Å². The maximum atomic E-state index is 13.0. The number of aromatic nitrogens is 1. The summed E-state index contributed by atoms with van der Waals surface area (Å²) in [5.41, 5.74) is 5.03. The number of benzene rings is 1. The molecule has 1 amide bonds. The van der Waals surface area contributed by atoms with Crippen LogP contribution in [-0.4, -0.2) is 43.0 Å². The molecule has 0 bridgehead atoms. The first-order valence-corrected chi connectivity index (χ1v) is 10.5. The zero-order valence-electron chi connectivity index (χ0n) is 17.3. The molecule has 0 atom stereocenters. The summed E-state index contributed by atoms with van der Waals surface area (Å²) in [5.74, 6) is 1.77. The molecule has 1 aromatic heterocycles. The number of rotatable bonds is 4. The van der Waals surface area contributed by atoms with Gasteiger partial charge in [-0.1, -0.05) is 6.07 Å². The van der Waals surface area contributed by atoms with Gasteiger partial charge in [0.05, 0.1) is 0 Å². The van der Waals surface area contributed by atoms with Crippen LogP contribution >= 0.6 is 0 Å². The van der Waals surface area contributed by atoms with Gasteiger partial charge in [-0.15, -0.1) is 0 Å². The molecular formula is C24H31N3O. The minimum Gasteiger partial charge on any atom is -0.363 e. The molecule has 1 fully saturated rings. The molecule has 4 heteroatoms. The van der Waals surface area contributed by atoms with Gasteiger partial charge in [0, 0.05) is 38.9 Å². The largest absolute Gasteiger partial charge is 0.363 e. The van der Waals surface area contributed by atoms with Gasteiger partial charge in [-0.25, -0.2) is 4.98 Å². The Bertz CT molecular complexity index is 853. The van der Waals surface area contributed by atoms with Gasteiger partial charge in [0.1, 0.15) is 5.82 Å². The summed E-state index contributed by atoms with van der Waals surface area (Å²) in [6, 6.07) is 11.0. The topological polar surface area (TPSA) is 36.4 Å². The highest BCUT2D eigenvalue weighted by Crippen LogP contribution is 2.35. The fourth-order valence-electron chi connectivity index (χ4n) is 4.80. The van der Waals surface area contributed by atoms with Crippen LogP contribution in [-0.2, 0) is 12.8 Å². The van der Waals surface area contributed by atoms with Gasteiger partial charge >= 0.3 is 0 Å². The van der Waals surface area contributed by atoms with Crippen LogP contribution in [0.3, 0.4) is 0 Å². The average molecular weight is 378 g/mol. The average Bonchev–Trinajstić information content (AvgIpc) is 3.20. The molecule has 4 nitrogen and oxygen atoms in total. The van der Waals surface area contributed by atoms with E-state index in [9.17, 15) is 4.79 Å². The molecule has 1 saturated carbocycles. The second kappa shape index (κ2) is 7.94. The normalized spacial score (nSPS) is 21.2. The first-order chi connectivity index (χ1) is 13.5. The maximum absolute atomic E-state index is 13.0. The maximum Gasteiger partial charge on any atom is 0.253 e. The fourth-order valence-corrected chi connectivity index (χ4v) is 4.80. The van der Waals surface area contributed by atoms with Crippen LogP contribution < -0.4 is 4.90 Å². The van der Waals surface area contributed by atoms with E-state index in [1.807, 2.05) is 38.3 Å². The van der Waals surface area contributed by atoms with Crippen molar-refractivity contribution in [2.24, 2.45) is 0 Å². The molecule has 2 aliphatic rings. The van der Waals surface area contributed by atoms with Crippen LogP contribution in [0.4, 0.5) is 5.82 Å². The third kappa shape index (κ3) is 3.78. The predicted octanol–water partition coefficient (Wildman–Crippen LogP) is 4.43. The minimum absolute atomic E-state index is 0.178. The Kier molecular flexibility index (Phi) is 5.38. The lowest BCUT2D eigenvalue weighted by molar-refractivity contribution is 0.0689. The first-order valence-electron chi connectivity index (χ1n) is 10.5. The number of fused-ring (bicyclic) bond motifs is 1. The van der Waals surface area contributed by atoms with Gasteiger partial charge in [-0.2, -0.15) is 0 Å². The zero-order valence-corrected chi connectivity index (χ0v) is 17.3. The summed E-state index contributed by atoms with van der Waals surface area (Å²) < 4.78 is 0. The number of nitrogens with zero attached hydrogens (tertiary/aromatic N) is 3. The highest BCUT2D eigenvalue weighted by atomic mass is 16.2. The van der Waals surface area contributed by atoms with Crippen LogP contribution in [0.15, 0.2) is 36.5 Å². The van der Waals surface area contributed by atoms with Crippen molar-refractivity contribution in [3.05, 3.63) is 58.8 Å². The summed E-state index contributed by atoms with van der Waals surface area (Å²) in [4.78, 5) is 21.5. The van der Waals surface area contributed by atoms with Gasteiger partial charge < -0.3 is 9.80 Å². The van der Waals surface area contributed by atoms with E-state index in [0.29, 0.717) is 12.0 Å². The SMILES string of the molecule is CN(C)c1cc(C2CCC(N(C)C(=O)c3ccc4c(c3)CCC4)CC2)ccn1. The summed E-state index contributed by atoms with van der Waals surface area (Å²) in [5, 5.41) is 0. The molecule has 0 saturated heterocycles. The number of pyridine rings is 1. The third-order valence-electron chi connectivity index (χ3n) is 6.61. The van der Waals surface area contributed by atoms with Gasteiger partial charge in [-0.05, 0) is 91.8 Å². The third-order valence-corrected chi connectivity index (χ3v) is 6.61. The van der Waals surface area contributed by atoms with E-state index < -0.39 is 0 Å². The Labute approximate surface area is 168 Å². The van der Waals surface area contributed by atoms with E-state index in [4.69, 9.17) is 0 Å². The highest BCUT2D eigenvalue weighted by Gasteiger charge is 2.28. The second-order valence-corrected chi connectivity index (χ2v) is 8.60. The van der Waals surface area contributed by atoms with Crippen LogP contribution in [0.25, 0.3) is 0 Å². The van der Waals surface area contributed by atoms with Crippen LogP contribution in [0.5, 0.6) is 0 Å². The van der Waals surface area contributed by atoms with Crippen molar-refractivity contribution in [1.82, 2.24) is 9.88 Å². The standard InChI is InChI=1S/C24H31N3O/c1-26(2)23-16-20(13-14-25-23)18-9-11-22(12-10-18)27(3)24(28)21-8-7-17-5-4-6-19(17)15-21/h7-8,13-16,18,22H,4-6,9-12H2,1-3H3. The molecule has 2 aromatic rings. The van der Waals surface area contributed by atoms with E-state index in [1.165, 1.54) is 23.1 Å². The summed E-state index contributed by atoms with van der Waals surface area (Å²) in [6.45, 7) is 0. The minimum atomic E-state index is 0.178. The molecule has 4 rings (SSSR count). The zero-order chi connectivity index (χ0) is 19.7. The molecule has 28 heavy (non-hydrogen) atoms. The lowest BCUT2D eigenvalue weighted by atomic mass is 9.81. The number of hydrogen-bond acceptors (Lipinski definition) is 3. The van der Waals surface area contributed by atoms with E-state index in [0.717, 1.165) is 49.9 Å². The Hall–Kier alpha value is -2.36. The summed E-state index contributed by atoms with van der Waals surface area (Å²) in [7, 11) is 6.04. The molecule has 0 N–H and O–H groups in total. The number of hydrogen-bond donors (Lipinski definition) is 0. The fraction of sp³-hybridized carbons (Fsp3) is 0.500. The van der Waals surface area contributed by atoms with Gasteiger partial charge in [-0.3, -0.25) is 4.79 Å². The molecule has 1 heterocycles. The van der Waals surface area contributed by atoms with Crippen molar-refractivity contribution in [1.29, 1.82) is 0 Å². The molecule has 0 aliphatic heterocycles. The summed E-state index contributed by atoms with van der Waals surface area (Å²) >= 11 is 0. The van der Waals surface area contributed by atoms with Crippen LogP contribution in [0, 0.1) is 0 Å². The monoisotopic (exact) mass is 377 g/mol. The number of carbonyl (C=O) groups is 1. The summed E-state index contributed by atoms with van der Waals surface area (Å²) in [6.07, 6.45) is 9.81. The first kappa shape index (κ1) is 19.0. The van der Waals surface area contributed by atoms with Crippen molar-refractivity contribution in [3.63, 3.8) is 0 Å². The Morgan fingerprint density at radius 2 is 1.71 bits per heavy atom. The number of anilines is 1. The second-order valence-electron chi connectivity index (χ2n) is 8.60. The molecule has 0 spiro atoms. The van der Waals surface area contributed by atoms with E-state index >= 15 is 0 Å². The molecular weight excluding hydrogens is 346 g/mol. The quantitative estimate of drug-likeness (QED) is 0.791. The molecule has 148 valence electrons. The lowest BCUT2D eigenvalue weighted by Crippen LogP contribution is -2.39. The smallest absolute Gasteiger partial charge is 0.253 e. The number of amides is 1.